The monoisotopic (exact) mass is 346 g/mol. The van der Waals surface area contributed by atoms with Crippen LogP contribution in [0, 0.1) is 0 Å². The second kappa shape index (κ2) is 4.75. The third-order valence-corrected chi connectivity index (χ3v) is 6.60. The highest BCUT2D eigenvalue weighted by molar-refractivity contribution is 6.30. The lowest BCUT2D eigenvalue weighted by molar-refractivity contribution is 0.0943. The number of ketones is 1. The molecule has 128 valence electrons. The minimum absolute atomic E-state index is 0.216. The van der Waals surface area contributed by atoms with E-state index in [4.69, 9.17) is 0 Å². The highest BCUT2D eigenvalue weighted by atomic mass is 16.1. The highest BCUT2D eigenvalue weighted by Crippen LogP contribution is 2.55. The van der Waals surface area contributed by atoms with Crippen molar-refractivity contribution >= 4 is 38.5 Å². The predicted molar refractivity (Wildman–Crippen MR) is 112 cm³/mol. The summed E-state index contributed by atoms with van der Waals surface area (Å²) in [4.78, 5) is 13.8. The molecular weight excluding hydrogens is 328 g/mol. The smallest absolute Gasteiger partial charge is 0.178 e. The molecule has 6 rings (SSSR count). The Hall–Kier alpha value is -3.19. The number of hydrogen-bond donors (Lipinski definition) is 0. The van der Waals surface area contributed by atoms with Gasteiger partial charge in [-0.2, -0.15) is 0 Å². The third kappa shape index (κ3) is 1.59. The van der Waals surface area contributed by atoms with Crippen LogP contribution in [0.4, 0.5) is 0 Å². The van der Waals surface area contributed by atoms with Gasteiger partial charge < -0.3 is 0 Å². The number of carbonyl (C=O) groups excluding carboxylic acids is 1. The summed E-state index contributed by atoms with van der Waals surface area (Å²) in [5.74, 6) is 0.216. The Morgan fingerprint density at radius 3 is 1.93 bits per heavy atom. The molecule has 0 saturated heterocycles. The molecule has 4 aromatic rings. The first-order valence-corrected chi connectivity index (χ1v) is 9.43. The van der Waals surface area contributed by atoms with E-state index in [9.17, 15) is 4.79 Å². The van der Waals surface area contributed by atoms with Crippen molar-refractivity contribution in [2.45, 2.75) is 19.3 Å². The molecule has 0 heterocycles. The summed E-state index contributed by atoms with van der Waals surface area (Å²) < 4.78 is 0. The quantitative estimate of drug-likeness (QED) is 0.390. The Kier molecular flexibility index (Phi) is 2.62. The van der Waals surface area contributed by atoms with Crippen molar-refractivity contribution in [1.82, 2.24) is 0 Å². The Morgan fingerprint density at radius 1 is 0.667 bits per heavy atom. The summed E-state index contributed by atoms with van der Waals surface area (Å²) in [5, 5.41) is 4.79. The number of hydrogen-bond acceptors (Lipinski definition) is 1. The first kappa shape index (κ1) is 14.9. The van der Waals surface area contributed by atoms with Crippen LogP contribution in [0.5, 0.6) is 0 Å². The van der Waals surface area contributed by atoms with Crippen molar-refractivity contribution in [3.05, 3.63) is 95.1 Å². The van der Waals surface area contributed by atoms with Gasteiger partial charge in [0.1, 0.15) is 0 Å². The maximum Gasteiger partial charge on any atom is 0.178 e. The number of Topliss-reactive ketones (excluding diaryl/α,β-unsaturated/α-hetero) is 1. The minimum Gasteiger partial charge on any atom is -0.293 e. The standard InChI is InChI=1S/C26H18O/c1-15-18-11-3-7-16-8-4-12-19(22(16)18)24(15)26(2)21-14-6-10-17-9-5-13-20(23(17)21)25(26)27/h3-14H,1-2H3. The van der Waals surface area contributed by atoms with Crippen LogP contribution < -0.4 is 0 Å². The van der Waals surface area contributed by atoms with Crippen molar-refractivity contribution in [2.75, 3.05) is 0 Å². The van der Waals surface area contributed by atoms with E-state index in [-0.39, 0.29) is 5.78 Å². The lowest BCUT2D eigenvalue weighted by atomic mass is 9.72. The van der Waals surface area contributed by atoms with Crippen molar-refractivity contribution in [1.29, 1.82) is 0 Å². The van der Waals surface area contributed by atoms with Gasteiger partial charge in [0.2, 0.25) is 0 Å². The molecule has 0 N–H and O–H groups in total. The summed E-state index contributed by atoms with van der Waals surface area (Å²) in [6, 6.07) is 25.3. The maximum atomic E-state index is 13.8. The van der Waals surface area contributed by atoms with Gasteiger partial charge in [0.05, 0.1) is 5.41 Å². The van der Waals surface area contributed by atoms with E-state index in [0.717, 1.165) is 21.9 Å². The van der Waals surface area contributed by atoms with Gasteiger partial charge in [-0.05, 0) is 63.2 Å². The summed E-state index contributed by atoms with van der Waals surface area (Å²) in [7, 11) is 0. The molecule has 2 aliphatic carbocycles. The van der Waals surface area contributed by atoms with Crippen LogP contribution in [0.3, 0.4) is 0 Å². The molecule has 1 unspecified atom stereocenters. The second-order valence-electron chi connectivity index (χ2n) is 7.87. The zero-order valence-corrected chi connectivity index (χ0v) is 15.3. The number of benzene rings is 4. The fourth-order valence-corrected chi connectivity index (χ4v) is 5.43. The summed E-state index contributed by atoms with van der Waals surface area (Å²) >= 11 is 0. The van der Waals surface area contributed by atoms with Gasteiger partial charge in [-0.25, -0.2) is 0 Å². The molecule has 0 fully saturated rings. The molecule has 0 aromatic heterocycles. The van der Waals surface area contributed by atoms with Gasteiger partial charge >= 0.3 is 0 Å². The molecule has 1 heteroatoms. The van der Waals surface area contributed by atoms with Crippen molar-refractivity contribution in [3.8, 4) is 0 Å². The highest BCUT2D eigenvalue weighted by Gasteiger charge is 2.48. The van der Waals surface area contributed by atoms with E-state index in [0.29, 0.717) is 0 Å². The van der Waals surface area contributed by atoms with Crippen molar-refractivity contribution in [2.24, 2.45) is 0 Å². The van der Waals surface area contributed by atoms with Gasteiger partial charge in [-0.3, -0.25) is 4.79 Å². The maximum absolute atomic E-state index is 13.8. The molecule has 0 amide bonds. The first-order chi connectivity index (χ1) is 13.1. The van der Waals surface area contributed by atoms with E-state index in [1.54, 1.807) is 0 Å². The second-order valence-corrected chi connectivity index (χ2v) is 7.87. The molecule has 4 aromatic carbocycles. The number of carbonyl (C=O) groups is 1. The molecule has 1 nitrogen and oxygen atoms in total. The summed E-state index contributed by atoms with van der Waals surface area (Å²) in [6.07, 6.45) is 0. The normalized spacial score (nSPS) is 20.3. The Morgan fingerprint density at radius 2 is 1.22 bits per heavy atom. The molecule has 0 bridgehead atoms. The van der Waals surface area contributed by atoms with Crippen LogP contribution in [0.2, 0.25) is 0 Å². The summed E-state index contributed by atoms with van der Waals surface area (Å²) in [6.45, 7) is 4.29. The molecular formula is C26H18O. The number of rotatable bonds is 1. The lowest BCUT2D eigenvalue weighted by Gasteiger charge is -2.28. The Labute approximate surface area is 158 Å². The number of allylic oxidation sites excluding steroid dienone is 2. The van der Waals surface area contributed by atoms with Gasteiger partial charge in [0, 0.05) is 5.56 Å². The van der Waals surface area contributed by atoms with Gasteiger partial charge in [-0.1, -0.05) is 72.8 Å². The third-order valence-electron chi connectivity index (χ3n) is 6.60. The van der Waals surface area contributed by atoms with E-state index in [1.165, 1.54) is 33.0 Å². The Bertz CT molecular complexity index is 1350. The molecule has 0 radical (unpaired) electrons. The SMILES string of the molecule is CC1=C(C2(C)C(=O)c3cccc4cccc2c34)c2cccc3cccc1c23. The first-order valence-electron chi connectivity index (χ1n) is 9.43. The largest absolute Gasteiger partial charge is 0.293 e. The van der Waals surface area contributed by atoms with Crippen LogP contribution in [0.15, 0.2) is 72.8 Å². The van der Waals surface area contributed by atoms with Crippen LogP contribution >= 0.6 is 0 Å². The van der Waals surface area contributed by atoms with E-state index < -0.39 is 5.41 Å². The zero-order valence-electron chi connectivity index (χ0n) is 15.3. The topological polar surface area (TPSA) is 17.1 Å². The van der Waals surface area contributed by atoms with Crippen LogP contribution in [0.1, 0.15) is 40.9 Å². The fourth-order valence-electron chi connectivity index (χ4n) is 5.43. The minimum atomic E-state index is -0.652. The molecule has 0 saturated carbocycles. The van der Waals surface area contributed by atoms with E-state index in [1.807, 2.05) is 12.1 Å². The average Bonchev–Trinajstić information content (AvgIpc) is 3.11. The van der Waals surface area contributed by atoms with E-state index >= 15 is 0 Å². The lowest BCUT2D eigenvalue weighted by Crippen LogP contribution is -2.30. The van der Waals surface area contributed by atoms with E-state index in [2.05, 4.69) is 74.5 Å². The molecule has 1 atom stereocenters. The van der Waals surface area contributed by atoms with Gasteiger partial charge in [-0.15, -0.1) is 0 Å². The molecule has 27 heavy (non-hydrogen) atoms. The molecule has 0 spiro atoms. The molecule has 0 aliphatic heterocycles. The van der Waals surface area contributed by atoms with Crippen molar-refractivity contribution in [3.63, 3.8) is 0 Å². The zero-order chi connectivity index (χ0) is 18.3. The molecule has 2 aliphatic rings. The van der Waals surface area contributed by atoms with Crippen LogP contribution in [-0.4, -0.2) is 5.78 Å². The van der Waals surface area contributed by atoms with Crippen LogP contribution in [0.25, 0.3) is 32.7 Å². The fraction of sp³-hybridized carbons (Fsp3) is 0.115. The Balaban J connectivity index is 1.75. The van der Waals surface area contributed by atoms with Gasteiger partial charge in [0.15, 0.2) is 5.78 Å². The van der Waals surface area contributed by atoms with Crippen LogP contribution in [-0.2, 0) is 5.41 Å². The van der Waals surface area contributed by atoms with Crippen molar-refractivity contribution < 1.29 is 4.79 Å². The average molecular weight is 346 g/mol. The predicted octanol–water partition coefficient (Wildman–Crippen LogP) is 6.39. The van der Waals surface area contributed by atoms with Gasteiger partial charge in [0.25, 0.3) is 0 Å². The summed E-state index contributed by atoms with van der Waals surface area (Å²) in [5.41, 5.74) is 6.20.